The van der Waals surface area contributed by atoms with Crippen molar-refractivity contribution in [3.8, 4) is 0 Å². The van der Waals surface area contributed by atoms with Crippen LogP contribution in [0.1, 0.15) is 11.4 Å². The van der Waals surface area contributed by atoms with E-state index in [2.05, 4.69) is 4.98 Å². The molecular formula is C14H14N2O3S2. The maximum absolute atomic E-state index is 11.7. The van der Waals surface area contributed by atoms with Crippen molar-refractivity contribution in [1.82, 2.24) is 9.88 Å². The van der Waals surface area contributed by atoms with Gasteiger partial charge >= 0.3 is 5.97 Å². The van der Waals surface area contributed by atoms with Gasteiger partial charge in [-0.1, -0.05) is 23.9 Å². The second-order valence-electron chi connectivity index (χ2n) is 4.59. The topological polar surface area (TPSA) is 59.5 Å². The SMILES string of the molecule is O=C(CCN1CCSC1=O)OCc1nc2ccccc2s1. The van der Waals surface area contributed by atoms with Crippen LogP contribution < -0.4 is 0 Å². The van der Waals surface area contributed by atoms with Crippen LogP contribution in [0.15, 0.2) is 24.3 Å². The fraction of sp³-hybridized carbons (Fsp3) is 0.357. The standard InChI is InChI=1S/C14H14N2O3S2/c17-13(5-6-16-7-8-20-14(16)18)19-9-12-15-10-3-1-2-4-11(10)21-12/h1-4H,5-9H2. The summed E-state index contributed by atoms with van der Waals surface area (Å²) in [5.41, 5.74) is 0.924. The van der Waals surface area contributed by atoms with Gasteiger partial charge < -0.3 is 9.64 Å². The van der Waals surface area contributed by atoms with Crippen LogP contribution in [0.2, 0.25) is 0 Å². The molecule has 0 N–H and O–H groups in total. The number of thiazole rings is 1. The zero-order valence-corrected chi connectivity index (χ0v) is 12.9. The number of esters is 1. The maximum atomic E-state index is 11.7. The summed E-state index contributed by atoms with van der Waals surface area (Å²) in [6.45, 7) is 1.35. The Kier molecular flexibility index (Phi) is 4.40. The number of benzene rings is 1. The van der Waals surface area contributed by atoms with E-state index in [0.29, 0.717) is 13.1 Å². The highest BCUT2D eigenvalue weighted by atomic mass is 32.2. The molecule has 0 aliphatic carbocycles. The van der Waals surface area contributed by atoms with Crippen molar-refractivity contribution in [2.24, 2.45) is 0 Å². The van der Waals surface area contributed by atoms with Gasteiger partial charge in [-0.3, -0.25) is 9.59 Å². The second-order valence-corrected chi connectivity index (χ2v) is 6.75. The lowest BCUT2D eigenvalue weighted by molar-refractivity contribution is -0.145. The number of thioether (sulfide) groups is 1. The van der Waals surface area contributed by atoms with E-state index in [-0.39, 0.29) is 24.2 Å². The molecule has 7 heteroatoms. The van der Waals surface area contributed by atoms with E-state index >= 15 is 0 Å². The van der Waals surface area contributed by atoms with Crippen LogP contribution in [0, 0.1) is 0 Å². The summed E-state index contributed by atoms with van der Waals surface area (Å²) >= 11 is 2.82. The number of hydrogen-bond acceptors (Lipinski definition) is 6. The molecule has 1 aromatic heterocycles. The van der Waals surface area contributed by atoms with Gasteiger partial charge in [0.25, 0.3) is 5.24 Å². The largest absolute Gasteiger partial charge is 0.458 e. The Morgan fingerprint density at radius 2 is 2.24 bits per heavy atom. The summed E-state index contributed by atoms with van der Waals surface area (Å²) in [5, 5.41) is 0.839. The summed E-state index contributed by atoms with van der Waals surface area (Å²) < 4.78 is 6.30. The van der Waals surface area contributed by atoms with Crippen LogP contribution >= 0.6 is 23.1 Å². The first kappa shape index (κ1) is 14.3. The van der Waals surface area contributed by atoms with Crippen LogP contribution in [-0.2, 0) is 16.1 Å². The van der Waals surface area contributed by atoms with E-state index < -0.39 is 0 Å². The minimum absolute atomic E-state index is 0.0500. The summed E-state index contributed by atoms with van der Waals surface area (Å²) in [5.74, 6) is 0.513. The van der Waals surface area contributed by atoms with Gasteiger partial charge in [-0.15, -0.1) is 11.3 Å². The number of hydrogen-bond donors (Lipinski definition) is 0. The molecule has 0 spiro atoms. The fourth-order valence-corrected chi connectivity index (χ4v) is 3.78. The number of ether oxygens (including phenoxy) is 1. The van der Waals surface area contributed by atoms with Gasteiger partial charge in [-0.05, 0) is 12.1 Å². The molecule has 0 saturated carbocycles. The third-order valence-corrected chi connectivity index (χ3v) is 5.03. The van der Waals surface area contributed by atoms with Crippen molar-refractivity contribution < 1.29 is 14.3 Å². The average Bonchev–Trinajstić information content (AvgIpc) is 3.08. The molecule has 1 amide bonds. The number of rotatable bonds is 5. The molecule has 2 aromatic rings. The van der Waals surface area contributed by atoms with Crippen molar-refractivity contribution in [3.63, 3.8) is 0 Å². The number of carbonyl (C=O) groups excluding carboxylic acids is 2. The van der Waals surface area contributed by atoms with Crippen molar-refractivity contribution in [3.05, 3.63) is 29.3 Å². The number of amides is 1. The molecule has 1 fully saturated rings. The van der Waals surface area contributed by atoms with Crippen LogP contribution in [0.25, 0.3) is 10.2 Å². The number of nitrogens with zero attached hydrogens (tertiary/aromatic N) is 2. The molecule has 5 nitrogen and oxygen atoms in total. The van der Waals surface area contributed by atoms with Gasteiger partial charge in [0.1, 0.15) is 11.6 Å². The predicted molar refractivity (Wildman–Crippen MR) is 83.5 cm³/mol. The quantitative estimate of drug-likeness (QED) is 0.792. The van der Waals surface area contributed by atoms with Gasteiger partial charge in [0.05, 0.1) is 16.6 Å². The zero-order chi connectivity index (χ0) is 14.7. The molecule has 3 rings (SSSR count). The Labute approximate surface area is 130 Å². The van der Waals surface area contributed by atoms with E-state index in [1.54, 1.807) is 4.90 Å². The number of para-hydroxylation sites is 1. The molecule has 0 atom stereocenters. The normalized spacial score (nSPS) is 14.9. The summed E-state index contributed by atoms with van der Waals surface area (Å²) in [4.78, 5) is 29.2. The summed E-state index contributed by atoms with van der Waals surface area (Å²) in [7, 11) is 0. The molecule has 1 aliphatic rings. The van der Waals surface area contributed by atoms with E-state index in [4.69, 9.17) is 4.74 Å². The van der Waals surface area contributed by atoms with Crippen LogP contribution in [-0.4, -0.2) is 39.9 Å². The first-order valence-electron chi connectivity index (χ1n) is 6.64. The Balaban J connectivity index is 1.48. The van der Waals surface area contributed by atoms with Gasteiger partial charge in [-0.2, -0.15) is 0 Å². The molecule has 1 aromatic carbocycles. The monoisotopic (exact) mass is 322 g/mol. The molecule has 1 aliphatic heterocycles. The van der Waals surface area contributed by atoms with Crippen LogP contribution in [0.3, 0.4) is 0 Å². The number of fused-ring (bicyclic) bond motifs is 1. The lowest BCUT2D eigenvalue weighted by Gasteiger charge is -2.13. The second kappa shape index (κ2) is 6.44. The van der Waals surface area contributed by atoms with Crippen LogP contribution in [0.5, 0.6) is 0 Å². The lowest BCUT2D eigenvalue weighted by atomic mass is 10.3. The Morgan fingerprint density at radius 1 is 1.38 bits per heavy atom. The Hall–Kier alpha value is -1.60. The highest BCUT2D eigenvalue weighted by Gasteiger charge is 2.21. The van der Waals surface area contributed by atoms with E-state index in [1.807, 2.05) is 24.3 Å². The highest BCUT2D eigenvalue weighted by Crippen LogP contribution is 2.22. The first-order valence-corrected chi connectivity index (χ1v) is 8.44. The van der Waals surface area contributed by atoms with E-state index in [9.17, 15) is 9.59 Å². The molecule has 110 valence electrons. The zero-order valence-electron chi connectivity index (χ0n) is 11.3. The van der Waals surface area contributed by atoms with Crippen molar-refractivity contribution in [1.29, 1.82) is 0 Å². The Bertz CT molecular complexity index is 638. The Morgan fingerprint density at radius 3 is 3.00 bits per heavy atom. The highest BCUT2D eigenvalue weighted by molar-refractivity contribution is 8.13. The van der Waals surface area contributed by atoms with Crippen molar-refractivity contribution in [2.45, 2.75) is 13.0 Å². The molecular weight excluding hydrogens is 308 g/mol. The van der Waals surface area contributed by atoms with Gasteiger partial charge in [0.15, 0.2) is 0 Å². The van der Waals surface area contributed by atoms with Gasteiger partial charge in [0.2, 0.25) is 0 Å². The smallest absolute Gasteiger partial charge is 0.308 e. The summed E-state index contributed by atoms with van der Waals surface area (Å²) in [6, 6.07) is 7.83. The van der Waals surface area contributed by atoms with Gasteiger partial charge in [0, 0.05) is 18.8 Å². The number of carbonyl (C=O) groups is 2. The third-order valence-electron chi connectivity index (χ3n) is 3.13. The minimum Gasteiger partial charge on any atom is -0.458 e. The fourth-order valence-electron chi connectivity index (χ4n) is 2.05. The van der Waals surface area contributed by atoms with Crippen LogP contribution in [0.4, 0.5) is 4.79 Å². The van der Waals surface area contributed by atoms with Crippen molar-refractivity contribution in [2.75, 3.05) is 18.8 Å². The lowest BCUT2D eigenvalue weighted by Crippen LogP contribution is -2.26. The van der Waals surface area contributed by atoms with Crippen molar-refractivity contribution >= 4 is 44.5 Å². The predicted octanol–water partition coefficient (Wildman–Crippen LogP) is 2.90. The molecule has 0 bridgehead atoms. The first-order chi connectivity index (χ1) is 10.2. The van der Waals surface area contributed by atoms with Gasteiger partial charge in [-0.25, -0.2) is 4.98 Å². The average molecular weight is 322 g/mol. The molecule has 0 unspecified atom stereocenters. The van der Waals surface area contributed by atoms with E-state index in [0.717, 1.165) is 21.0 Å². The molecule has 1 saturated heterocycles. The maximum Gasteiger partial charge on any atom is 0.308 e. The molecule has 0 radical (unpaired) electrons. The molecule has 2 heterocycles. The summed E-state index contributed by atoms with van der Waals surface area (Å²) in [6.07, 6.45) is 0.233. The minimum atomic E-state index is -0.293. The number of aromatic nitrogens is 1. The third kappa shape index (κ3) is 3.54. The molecule has 21 heavy (non-hydrogen) atoms. The van der Waals surface area contributed by atoms with E-state index in [1.165, 1.54) is 23.1 Å².